The fourth-order valence-electron chi connectivity index (χ4n) is 1.88. The van der Waals surface area contributed by atoms with Gasteiger partial charge < -0.3 is 5.32 Å². The van der Waals surface area contributed by atoms with Gasteiger partial charge in [-0.05, 0) is 23.7 Å². The van der Waals surface area contributed by atoms with Gasteiger partial charge in [0.2, 0.25) is 0 Å². The molecule has 0 aliphatic rings. The molecule has 2 heteroatoms. The normalized spacial score (nSPS) is 17.0. The topological polar surface area (TPSA) is 12.0 Å². The van der Waals surface area contributed by atoms with Crippen molar-refractivity contribution in [3.63, 3.8) is 0 Å². The first kappa shape index (κ1) is 13.8. The van der Waals surface area contributed by atoms with E-state index in [1.54, 1.807) is 0 Å². The van der Waals surface area contributed by atoms with Crippen LogP contribution in [0.3, 0.4) is 0 Å². The maximum absolute atomic E-state index is 3.28. The van der Waals surface area contributed by atoms with Gasteiger partial charge in [0, 0.05) is 6.54 Å². The van der Waals surface area contributed by atoms with Crippen LogP contribution in [-0.2, 0) is 0 Å². The zero-order chi connectivity index (χ0) is 11.2. The average molecular weight is 213 g/mol. The highest BCUT2D eigenvalue weighted by molar-refractivity contribution is 6.68. The standard InChI is InChI=1S/C12H27NSi/c1-7-11(3)14(12(4,5)6)10-9-13-8-2/h9-11,13-14H,7-8H2,1-6H3. The third-order valence-corrected chi connectivity index (χ3v) is 7.19. The van der Waals surface area contributed by atoms with Crippen LogP contribution in [0.1, 0.15) is 48.0 Å². The average Bonchev–Trinajstić information content (AvgIpc) is 2.09. The van der Waals surface area contributed by atoms with Gasteiger partial charge in [0.15, 0.2) is 0 Å². The zero-order valence-electron chi connectivity index (χ0n) is 10.7. The summed E-state index contributed by atoms with van der Waals surface area (Å²) in [6.07, 6.45) is 3.49. The van der Waals surface area contributed by atoms with Gasteiger partial charge in [-0.3, -0.25) is 0 Å². The van der Waals surface area contributed by atoms with E-state index in [4.69, 9.17) is 0 Å². The van der Waals surface area contributed by atoms with E-state index in [9.17, 15) is 0 Å². The van der Waals surface area contributed by atoms with Gasteiger partial charge in [0.05, 0.1) is 8.80 Å². The highest BCUT2D eigenvalue weighted by atomic mass is 28.3. The van der Waals surface area contributed by atoms with E-state index < -0.39 is 8.80 Å². The molecule has 2 unspecified atom stereocenters. The molecular formula is C12H27NSi. The largest absolute Gasteiger partial charge is 0.392 e. The minimum atomic E-state index is -0.791. The van der Waals surface area contributed by atoms with Gasteiger partial charge in [-0.1, -0.05) is 46.7 Å². The fourth-order valence-corrected chi connectivity index (χ4v) is 5.39. The molecular weight excluding hydrogens is 186 g/mol. The summed E-state index contributed by atoms with van der Waals surface area (Å²) in [7, 11) is -0.791. The molecule has 0 saturated carbocycles. The lowest BCUT2D eigenvalue weighted by molar-refractivity contribution is 0.703. The summed E-state index contributed by atoms with van der Waals surface area (Å²) in [5, 5.41) is 3.79. The van der Waals surface area contributed by atoms with E-state index in [1.807, 2.05) is 0 Å². The Kier molecular flexibility index (Phi) is 6.17. The van der Waals surface area contributed by atoms with E-state index in [0.29, 0.717) is 5.04 Å². The Balaban J connectivity index is 4.41. The molecule has 1 nitrogen and oxygen atoms in total. The van der Waals surface area contributed by atoms with Crippen molar-refractivity contribution in [2.24, 2.45) is 0 Å². The summed E-state index contributed by atoms with van der Waals surface area (Å²) in [5.41, 5.74) is 3.36. The molecule has 0 amide bonds. The maximum Gasteiger partial charge on any atom is 0.0714 e. The molecule has 0 aromatic rings. The zero-order valence-corrected chi connectivity index (χ0v) is 11.9. The molecule has 0 heterocycles. The Labute approximate surface area is 91.6 Å². The summed E-state index contributed by atoms with van der Waals surface area (Å²) in [6.45, 7) is 15.0. The van der Waals surface area contributed by atoms with Gasteiger partial charge in [-0.2, -0.15) is 0 Å². The quantitative estimate of drug-likeness (QED) is 0.690. The predicted molar refractivity (Wildman–Crippen MR) is 69.4 cm³/mol. The summed E-state index contributed by atoms with van der Waals surface area (Å²) in [6, 6.07) is 0. The van der Waals surface area contributed by atoms with Crippen molar-refractivity contribution in [3.05, 3.63) is 11.9 Å². The van der Waals surface area contributed by atoms with Crippen LogP contribution in [0.4, 0.5) is 0 Å². The lowest BCUT2D eigenvalue weighted by atomic mass is 10.2. The third kappa shape index (κ3) is 4.84. The Morgan fingerprint density at radius 3 is 2.21 bits per heavy atom. The summed E-state index contributed by atoms with van der Waals surface area (Å²) in [5.74, 6) is 0. The molecule has 0 bridgehead atoms. The molecule has 0 spiro atoms. The lowest BCUT2D eigenvalue weighted by Gasteiger charge is -2.31. The van der Waals surface area contributed by atoms with Crippen molar-refractivity contribution >= 4 is 8.80 Å². The minimum absolute atomic E-state index is 0.501. The number of rotatable bonds is 5. The first-order valence-electron chi connectivity index (χ1n) is 5.83. The van der Waals surface area contributed by atoms with E-state index >= 15 is 0 Å². The molecule has 1 N–H and O–H groups in total. The Bertz CT molecular complexity index is 170. The van der Waals surface area contributed by atoms with Crippen molar-refractivity contribution in [1.29, 1.82) is 0 Å². The smallest absolute Gasteiger partial charge is 0.0714 e. The molecule has 0 aliphatic carbocycles. The van der Waals surface area contributed by atoms with E-state index in [2.05, 4.69) is 58.8 Å². The molecule has 0 radical (unpaired) electrons. The van der Waals surface area contributed by atoms with Gasteiger partial charge in [-0.15, -0.1) is 0 Å². The SMILES string of the molecule is CCNC=C[SiH](C(C)CC)C(C)(C)C. The van der Waals surface area contributed by atoms with Crippen molar-refractivity contribution in [2.45, 2.75) is 58.5 Å². The number of nitrogens with one attached hydrogen (secondary N) is 1. The van der Waals surface area contributed by atoms with Gasteiger partial charge >= 0.3 is 0 Å². The molecule has 0 fully saturated rings. The summed E-state index contributed by atoms with van der Waals surface area (Å²) in [4.78, 5) is 0. The van der Waals surface area contributed by atoms with Gasteiger partial charge in [-0.25, -0.2) is 0 Å². The summed E-state index contributed by atoms with van der Waals surface area (Å²) >= 11 is 0. The van der Waals surface area contributed by atoms with Crippen LogP contribution in [0.2, 0.25) is 10.6 Å². The second kappa shape index (κ2) is 6.28. The molecule has 2 atom stereocenters. The number of hydrogen-bond donors (Lipinski definition) is 1. The molecule has 0 aromatic heterocycles. The fraction of sp³-hybridized carbons (Fsp3) is 0.833. The number of hydrogen-bond acceptors (Lipinski definition) is 1. The lowest BCUT2D eigenvalue weighted by Crippen LogP contribution is -2.28. The molecule has 0 rings (SSSR count). The molecule has 0 saturated heterocycles. The second-order valence-electron chi connectivity index (χ2n) is 5.19. The first-order valence-corrected chi connectivity index (χ1v) is 7.74. The van der Waals surface area contributed by atoms with Crippen molar-refractivity contribution in [2.75, 3.05) is 6.54 Å². The summed E-state index contributed by atoms with van der Waals surface area (Å²) < 4.78 is 0. The molecule has 0 aliphatic heterocycles. The van der Waals surface area contributed by atoms with Crippen LogP contribution in [0.25, 0.3) is 0 Å². The van der Waals surface area contributed by atoms with Crippen molar-refractivity contribution < 1.29 is 0 Å². The van der Waals surface area contributed by atoms with Crippen molar-refractivity contribution in [1.82, 2.24) is 5.32 Å². The Hall–Kier alpha value is -0.243. The third-order valence-electron chi connectivity index (χ3n) is 2.88. The Morgan fingerprint density at radius 2 is 1.86 bits per heavy atom. The highest BCUT2D eigenvalue weighted by Crippen LogP contribution is 2.35. The monoisotopic (exact) mass is 213 g/mol. The van der Waals surface area contributed by atoms with Crippen LogP contribution < -0.4 is 5.32 Å². The van der Waals surface area contributed by atoms with E-state index in [1.165, 1.54) is 6.42 Å². The molecule has 84 valence electrons. The minimum Gasteiger partial charge on any atom is -0.392 e. The molecule has 14 heavy (non-hydrogen) atoms. The Morgan fingerprint density at radius 1 is 1.29 bits per heavy atom. The second-order valence-corrected chi connectivity index (χ2v) is 9.50. The van der Waals surface area contributed by atoms with Crippen LogP contribution in [-0.4, -0.2) is 15.3 Å². The van der Waals surface area contributed by atoms with E-state index in [0.717, 1.165) is 12.1 Å². The van der Waals surface area contributed by atoms with Crippen LogP contribution >= 0.6 is 0 Å². The van der Waals surface area contributed by atoms with Crippen molar-refractivity contribution in [3.8, 4) is 0 Å². The highest BCUT2D eigenvalue weighted by Gasteiger charge is 2.27. The van der Waals surface area contributed by atoms with Gasteiger partial charge in [0.25, 0.3) is 0 Å². The first-order chi connectivity index (χ1) is 6.43. The maximum atomic E-state index is 3.28. The van der Waals surface area contributed by atoms with Gasteiger partial charge in [0.1, 0.15) is 0 Å². The molecule has 0 aromatic carbocycles. The van der Waals surface area contributed by atoms with Crippen LogP contribution in [0.15, 0.2) is 11.9 Å². The van der Waals surface area contributed by atoms with E-state index in [-0.39, 0.29) is 0 Å². The predicted octanol–water partition coefficient (Wildman–Crippen LogP) is 3.48. The van der Waals surface area contributed by atoms with Crippen LogP contribution in [0, 0.1) is 0 Å². The van der Waals surface area contributed by atoms with Crippen LogP contribution in [0.5, 0.6) is 0 Å².